The van der Waals surface area contributed by atoms with Gasteiger partial charge >= 0.3 is 0 Å². The van der Waals surface area contributed by atoms with E-state index in [1.165, 1.54) is 6.42 Å². The average molecular weight is 325 g/mol. The Labute approximate surface area is 138 Å². The van der Waals surface area contributed by atoms with E-state index in [0.29, 0.717) is 11.8 Å². The largest absolute Gasteiger partial charge is 0.369 e. The van der Waals surface area contributed by atoms with Gasteiger partial charge in [0.1, 0.15) is 5.66 Å². The summed E-state index contributed by atoms with van der Waals surface area (Å²) in [5.74, 6) is 1.09. The van der Waals surface area contributed by atoms with Gasteiger partial charge in [0.2, 0.25) is 17.7 Å². The molecule has 0 atom stereocenters. The third kappa shape index (κ3) is 2.29. The summed E-state index contributed by atoms with van der Waals surface area (Å²) in [5.41, 5.74) is 13.4. The average Bonchev–Trinajstić information content (AvgIpc) is 3.09. The zero-order valence-electron chi connectivity index (χ0n) is 13.2. The summed E-state index contributed by atoms with van der Waals surface area (Å²) in [6.45, 7) is 0. The van der Waals surface area contributed by atoms with Crippen molar-refractivity contribution in [2.45, 2.75) is 37.8 Å². The maximum atomic E-state index is 6.28. The van der Waals surface area contributed by atoms with Crippen molar-refractivity contribution in [3.05, 3.63) is 24.3 Å². The summed E-state index contributed by atoms with van der Waals surface area (Å²) in [6.07, 6.45) is 5.10. The molecule has 1 aromatic carbocycles. The number of nitrogens with zero attached hydrogens (tertiary/aromatic N) is 6. The number of tetrazole rings is 1. The van der Waals surface area contributed by atoms with E-state index >= 15 is 0 Å². The van der Waals surface area contributed by atoms with Crippen LogP contribution in [-0.4, -0.2) is 38.2 Å². The van der Waals surface area contributed by atoms with Crippen molar-refractivity contribution in [1.82, 2.24) is 20.6 Å². The second kappa shape index (κ2) is 5.59. The van der Waals surface area contributed by atoms with E-state index in [4.69, 9.17) is 16.5 Å². The molecule has 1 aliphatic carbocycles. The van der Waals surface area contributed by atoms with E-state index in [1.54, 1.807) is 0 Å². The zero-order chi connectivity index (χ0) is 16.6. The second-order valence-corrected chi connectivity index (χ2v) is 6.07. The van der Waals surface area contributed by atoms with Crippen LogP contribution in [0.3, 0.4) is 0 Å². The molecule has 1 fully saturated rings. The number of nitrogens with two attached hydrogens (primary N) is 2. The van der Waals surface area contributed by atoms with Crippen LogP contribution < -0.4 is 16.4 Å². The van der Waals surface area contributed by atoms with E-state index in [2.05, 4.69) is 25.6 Å². The highest BCUT2D eigenvalue weighted by molar-refractivity contribution is 6.07. The minimum atomic E-state index is -0.492. The van der Waals surface area contributed by atoms with Crippen molar-refractivity contribution in [3.63, 3.8) is 0 Å². The number of hydrogen-bond acceptors (Lipinski definition) is 8. The first kappa shape index (κ1) is 14.6. The monoisotopic (exact) mass is 325 g/mol. The van der Waals surface area contributed by atoms with Crippen LogP contribution in [0.2, 0.25) is 0 Å². The number of aromatic nitrogens is 4. The van der Waals surface area contributed by atoms with Crippen molar-refractivity contribution in [2.24, 2.45) is 21.5 Å². The third-order valence-electron chi connectivity index (χ3n) is 4.58. The molecule has 124 valence electrons. The summed E-state index contributed by atoms with van der Waals surface area (Å²) < 4.78 is 0. The van der Waals surface area contributed by atoms with Crippen molar-refractivity contribution >= 4 is 17.6 Å². The quantitative estimate of drug-likeness (QED) is 0.753. The van der Waals surface area contributed by atoms with Gasteiger partial charge < -0.3 is 11.5 Å². The highest BCUT2D eigenvalue weighted by Gasteiger charge is 2.43. The van der Waals surface area contributed by atoms with Crippen molar-refractivity contribution in [2.75, 3.05) is 4.90 Å². The summed E-state index contributed by atoms with van der Waals surface area (Å²) >= 11 is 0. The molecule has 0 unspecified atom stereocenters. The number of aliphatic imine (C=N–C) groups is 2. The van der Waals surface area contributed by atoms with Gasteiger partial charge in [-0.25, -0.2) is 4.99 Å². The first-order chi connectivity index (χ1) is 11.7. The molecule has 1 aromatic heterocycles. The number of benzene rings is 1. The Hall–Kier alpha value is -2.97. The number of anilines is 1. The number of hydrogen-bond donors (Lipinski definition) is 3. The van der Waals surface area contributed by atoms with Gasteiger partial charge in [-0.1, -0.05) is 18.6 Å². The Bertz CT molecular complexity index is 787. The molecule has 2 aliphatic rings. The Morgan fingerprint density at radius 3 is 2.62 bits per heavy atom. The van der Waals surface area contributed by atoms with Crippen molar-refractivity contribution < 1.29 is 0 Å². The number of guanidine groups is 2. The summed E-state index contributed by atoms with van der Waals surface area (Å²) in [4.78, 5) is 10.9. The molecule has 0 bridgehead atoms. The fourth-order valence-corrected chi connectivity index (χ4v) is 3.60. The number of H-pyrrole nitrogens is 1. The third-order valence-corrected chi connectivity index (χ3v) is 4.58. The highest BCUT2D eigenvalue weighted by Crippen LogP contribution is 2.42. The second-order valence-electron chi connectivity index (χ2n) is 6.07. The van der Waals surface area contributed by atoms with Crippen molar-refractivity contribution in [3.8, 4) is 11.4 Å². The summed E-state index contributed by atoms with van der Waals surface area (Å²) in [6, 6.07) is 7.79. The standard InChI is InChI=1S/C15H19N9/c16-13-18-14(17)24(15(19-13)8-4-1-5-9-15)11-7-3-2-6-10(11)12-20-22-23-21-12/h2-3,6-7H,1,4-5,8-9H2,(H4,16,17,18,19)(H,20,21,22,23). The summed E-state index contributed by atoms with van der Waals surface area (Å²) in [5, 5.41) is 14.3. The number of aromatic amines is 1. The van der Waals surface area contributed by atoms with E-state index in [0.717, 1.165) is 36.9 Å². The number of nitrogens with one attached hydrogen (secondary N) is 1. The molecule has 4 rings (SSSR count). The van der Waals surface area contributed by atoms with E-state index in [1.807, 2.05) is 29.2 Å². The zero-order valence-corrected chi connectivity index (χ0v) is 13.2. The van der Waals surface area contributed by atoms with Gasteiger partial charge in [0, 0.05) is 5.56 Å². The van der Waals surface area contributed by atoms with Gasteiger partial charge in [-0.15, -0.1) is 10.2 Å². The van der Waals surface area contributed by atoms with Crippen LogP contribution in [0.4, 0.5) is 5.69 Å². The summed E-state index contributed by atoms with van der Waals surface area (Å²) in [7, 11) is 0. The SMILES string of the molecule is NC1=NC2(CCCCC2)N(c2ccccc2-c2nn[nH]n2)C(N)=N1. The molecular weight excluding hydrogens is 306 g/mol. The molecule has 2 aromatic rings. The van der Waals surface area contributed by atoms with Gasteiger partial charge in [0.05, 0.1) is 5.69 Å². The number of para-hydroxylation sites is 1. The van der Waals surface area contributed by atoms with Crippen molar-refractivity contribution in [1.29, 1.82) is 0 Å². The fraction of sp³-hybridized carbons (Fsp3) is 0.400. The molecule has 1 aliphatic heterocycles. The highest BCUT2D eigenvalue weighted by atomic mass is 15.5. The Morgan fingerprint density at radius 2 is 1.88 bits per heavy atom. The Balaban J connectivity index is 1.87. The molecular formula is C15H19N9. The molecule has 1 spiro atoms. The Kier molecular flexibility index (Phi) is 3.40. The fourth-order valence-electron chi connectivity index (χ4n) is 3.60. The normalized spacial score (nSPS) is 19.9. The van der Waals surface area contributed by atoms with Gasteiger partial charge in [-0.2, -0.15) is 10.2 Å². The van der Waals surface area contributed by atoms with E-state index < -0.39 is 5.66 Å². The predicted molar refractivity (Wildman–Crippen MR) is 91.2 cm³/mol. The molecule has 0 amide bonds. The number of rotatable bonds is 2. The molecule has 2 heterocycles. The lowest BCUT2D eigenvalue weighted by atomic mass is 9.87. The molecule has 5 N–H and O–H groups in total. The van der Waals surface area contributed by atoms with E-state index in [-0.39, 0.29) is 5.96 Å². The molecule has 9 heteroatoms. The van der Waals surface area contributed by atoms with Crippen LogP contribution in [0, 0.1) is 0 Å². The lowest BCUT2D eigenvalue weighted by Crippen LogP contribution is -2.58. The minimum Gasteiger partial charge on any atom is -0.369 e. The molecule has 0 saturated heterocycles. The van der Waals surface area contributed by atoms with Gasteiger partial charge in [-0.3, -0.25) is 4.90 Å². The smallest absolute Gasteiger partial charge is 0.220 e. The minimum absolute atomic E-state index is 0.239. The topological polar surface area (TPSA) is 134 Å². The van der Waals surface area contributed by atoms with Gasteiger partial charge in [0.25, 0.3) is 0 Å². The maximum absolute atomic E-state index is 6.28. The Morgan fingerprint density at radius 1 is 1.08 bits per heavy atom. The molecule has 1 saturated carbocycles. The van der Waals surface area contributed by atoms with E-state index in [9.17, 15) is 0 Å². The lowest BCUT2D eigenvalue weighted by molar-refractivity contribution is 0.305. The molecule has 9 nitrogen and oxygen atoms in total. The maximum Gasteiger partial charge on any atom is 0.220 e. The van der Waals surface area contributed by atoms with Crippen LogP contribution >= 0.6 is 0 Å². The predicted octanol–water partition coefficient (Wildman–Crippen LogP) is 0.976. The first-order valence-electron chi connectivity index (χ1n) is 8.02. The van der Waals surface area contributed by atoms with Crippen LogP contribution in [0.1, 0.15) is 32.1 Å². The van der Waals surface area contributed by atoms with Gasteiger partial charge in [0.15, 0.2) is 0 Å². The van der Waals surface area contributed by atoms with Crippen LogP contribution in [-0.2, 0) is 0 Å². The van der Waals surface area contributed by atoms with Gasteiger partial charge in [-0.05, 0) is 43.0 Å². The lowest BCUT2D eigenvalue weighted by Gasteiger charge is -2.46. The van der Waals surface area contributed by atoms with Crippen LogP contribution in [0.25, 0.3) is 11.4 Å². The van der Waals surface area contributed by atoms with Crippen LogP contribution in [0.5, 0.6) is 0 Å². The van der Waals surface area contributed by atoms with Crippen LogP contribution in [0.15, 0.2) is 34.3 Å². The molecule has 24 heavy (non-hydrogen) atoms. The first-order valence-corrected chi connectivity index (χ1v) is 8.02. The molecule has 0 radical (unpaired) electrons.